The molecule has 1 aromatic heterocycles. The van der Waals surface area contributed by atoms with Crippen LogP contribution >= 0.6 is 0 Å². The second kappa shape index (κ2) is 7.42. The van der Waals surface area contributed by atoms with Gasteiger partial charge in [0.15, 0.2) is 5.69 Å². The molecule has 144 valence electrons. The van der Waals surface area contributed by atoms with E-state index in [0.29, 0.717) is 37.1 Å². The number of nitrogens with zero attached hydrogens (tertiary/aromatic N) is 2. The molecule has 3 rings (SSSR count). The minimum Gasteiger partial charge on any atom is -0.347 e. The minimum atomic E-state index is -4.43. The van der Waals surface area contributed by atoms with Gasteiger partial charge in [0.25, 0.3) is 5.91 Å². The van der Waals surface area contributed by atoms with E-state index in [1.807, 2.05) is 0 Å². The molecule has 0 aliphatic carbocycles. The molecule has 27 heavy (non-hydrogen) atoms. The Kier molecular flexibility index (Phi) is 5.20. The van der Waals surface area contributed by atoms with E-state index in [-0.39, 0.29) is 18.1 Å². The van der Waals surface area contributed by atoms with Crippen molar-refractivity contribution in [3.63, 3.8) is 0 Å². The van der Waals surface area contributed by atoms with Crippen LogP contribution in [0.5, 0.6) is 0 Å². The highest BCUT2D eigenvalue weighted by Gasteiger charge is 2.30. The highest BCUT2D eigenvalue weighted by molar-refractivity contribution is 5.94. The second-order valence-corrected chi connectivity index (χ2v) is 6.33. The van der Waals surface area contributed by atoms with Crippen molar-refractivity contribution in [3.8, 4) is 0 Å². The van der Waals surface area contributed by atoms with E-state index in [9.17, 15) is 22.8 Å². The maximum atomic E-state index is 12.8. The number of aromatic nitrogens is 2. The molecule has 0 unspecified atom stereocenters. The molecule has 0 atom stereocenters. The van der Waals surface area contributed by atoms with Crippen LogP contribution in [0.15, 0.2) is 24.3 Å². The predicted molar refractivity (Wildman–Crippen MR) is 90.6 cm³/mol. The fourth-order valence-electron chi connectivity index (χ4n) is 3.04. The molecule has 2 amide bonds. The Hall–Kier alpha value is -2.84. The van der Waals surface area contributed by atoms with Gasteiger partial charge in [-0.3, -0.25) is 14.7 Å². The van der Waals surface area contributed by atoms with Crippen LogP contribution in [0, 0.1) is 0 Å². The zero-order valence-electron chi connectivity index (χ0n) is 14.7. The van der Waals surface area contributed by atoms with Gasteiger partial charge in [-0.2, -0.15) is 18.3 Å². The Morgan fingerprint density at radius 3 is 2.81 bits per heavy atom. The summed E-state index contributed by atoms with van der Waals surface area (Å²) in [6, 6.07) is 4.79. The van der Waals surface area contributed by atoms with E-state index < -0.39 is 17.6 Å². The van der Waals surface area contributed by atoms with Crippen molar-refractivity contribution in [2.24, 2.45) is 0 Å². The van der Waals surface area contributed by atoms with Gasteiger partial charge in [0.05, 0.1) is 5.56 Å². The Balaban J connectivity index is 1.70. The Labute approximate surface area is 153 Å². The van der Waals surface area contributed by atoms with E-state index in [4.69, 9.17) is 0 Å². The predicted octanol–water partition coefficient (Wildman–Crippen LogP) is 2.65. The SMILES string of the molecule is CCC(=O)N1CCc2[nH]nc(C(=O)NCc3cccc(C(F)(F)F)c3)c2C1. The van der Waals surface area contributed by atoms with Gasteiger partial charge in [-0.25, -0.2) is 0 Å². The molecule has 9 heteroatoms. The number of carbonyl (C=O) groups excluding carboxylic acids is 2. The van der Waals surface area contributed by atoms with Crippen LogP contribution in [0.1, 0.15) is 46.2 Å². The minimum absolute atomic E-state index is 0.00262. The van der Waals surface area contributed by atoms with E-state index >= 15 is 0 Å². The first-order chi connectivity index (χ1) is 12.8. The van der Waals surface area contributed by atoms with E-state index in [1.165, 1.54) is 12.1 Å². The summed E-state index contributed by atoms with van der Waals surface area (Å²) in [7, 11) is 0. The molecule has 0 saturated heterocycles. The average molecular weight is 380 g/mol. The first-order valence-electron chi connectivity index (χ1n) is 8.57. The zero-order chi connectivity index (χ0) is 19.6. The number of benzene rings is 1. The summed E-state index contributed by atoms with van der Waals surface area (Å²) >= 11 is 0. The first-order valence-corrected chi connectivity index (χ1v) is 8.57. The third kappa shape index (κ3) is 4.12. The van der Waals surface area contributed by atoms with Crippen molar-refractivity contribution < 1.29 is 22.8 Å². The monoisotopic (exact) mass is 380 g/mol. The van der Waals surface area contributed by atoms with E-state index in [1.54, 1.807) is 11.8 Å². The van der Waals surface area contributed by atoms with Crippen molar-refractivity contribution in [1.82, 2.24) is 20.4 Å². The molecule has 6 nitrogen and oxygen atoms in total. The van der Waals surface area contributed by atoms with Gasteiger partial charge in [-0.1, -0.05) is 19.1 Å². The number of alkyl halides is 3. The van der Waals surface area contributed by atoms with Crippen molar-refractivity contribution >= 4 is 11.8 Å². The lowest BCUT2D eigenvalue weighted by atomic mass is 10.0. The third-order valence-electron chi connectivity index (χ3n) is 4.51. The van der Waals surface area contributed by atoms with Crippen LogP contribution in [-0.2, 0) is 30.5 Å². The molecule has 1 aliphatic rings. The van der Waals surface area contributed by atoms with Gasteiger partial charge < -0.3 is 10.2 Å². The molecule has 0 bridgehead atoms. The van der Waals surface area contributed by atoms with Crippen LogP contribution in [0.3, 0.4) is 0 Å². The maximum Gasteiger partial charge on any atom is 0.416 e. The van der Waals surface area contributed by atoms with Crippen LogP contribution in [0.2, 0.25) is 0 Å². The number of aromatic amines is 1. The number of amides is 2. The van der Waals surface area contributed by atoms with Crippen molar-refractivity contribution in [2.45, 2.75) is 39.0 Å². The number of rotatable bonds is 4. The standard InChI is InChI=1S/C18H19F3N4O2/c1-2-15(26)25-7-6-14-13(10-25)16(24-23-14)17(27)22-9-11-4-3-5-12(8-11)18(19,20)21/h3-5,8H,2,6-7,9-10H2,1H3,(H,22,27)(H,23,24). The Bertz CT molecular complexity index is 861. The van der Waals surface area contributed by atoms with E-state index in [0.717, 1.165) is 17.8 Å². The molecule has 0 spiro atoms. The summed E-state index contributed by atoms with van der Waals surface area (Å²) in [4.78, 5) is 26.0. The molecule has 0 fully saturated rings. The summed E-state index contributed by atoms with van der Waals surface area (Å²) < 4.78 is 38.3. The van der Waals surface area contributed by atoms with E-state index in [2.05, 4.69) is 15.5 Å². The molecule has 1 aliphatic heterocycles. The number of hydrogen-bond donors (Lipinski definition) is 2. The topological polar surface area (TPSA) is 78.1 Å². The third-order valence-corrected chi connectivity index (χ3v) is 4.51. The molecule has 0 saturated carbocycles. The fourth-order valence-corrected chi connectivity index (χ4v) is 3.04. The van der Waals surface area contributed by atoms with Gasteiger partial charge in [0.2, 0.25) is 5.91 Å². The second-order valence-electron chi connectivity index (χ2n) is 6.33. The quantitative estimate of drug-likeness (QED) is 0.856. The fraction of sp³-hybridized carbons (Fsp3) is 0.389. The van der Waals surface area contributed by atoms with Crippen LogP contribution < -0.4 is 5.32 Å². The zero-order valence-corrected chi connectivity index (χ0v) is 14.7. The summed E-state index contributed by atoms with van der Waals surface area (Å²) in [5, 5.41) is 9.44. The Morgan fingerprint density at radius 1 is 1.33 bits per heavy atom. The van der Waals surface area contributed by atoms with Crippen molar-refractivity contribution in [1.29, 1.82) is 0 Å². The number of halogens is 3. The summed E-state index contributed by atoms with van der Waals surface area (Å²) in [6.07, 6.45) is -3.48. The molecule has 2 heterocycles. The van der Waals surface area contributed by atoms with Crippen molar-refractivity contribution in [2.75, 3.05) is 6.54 Å². The first kappa shape index (κ1) is 18.9. The molecule has 0 radical (unpaired) electrons. The molecule has 1 aromatic carbocycles. The number of hydrogen-bond acceptors (Lipinski definition) is 3. The molecular formula is C18H19F3N4O2. The summed E-state index contributed by atoms with van der Waals surface area (Å²) in [5.41, 5.74) is 1.21. The Morgan fingerprint density at radius 2 is 2.11 bits per heavy atom. The molecular weight excluding hydrogens is 361 g/mol. The lowest BCUT2D eigenvalue weighted by molar-refractivity contribution is -0.137. The normalized spacial score (nSPS) is 14.0. The summed E-state index contributed by atoms with van der Waals surface area (Å²) in [5.74, 6) is -0.493. The summed E-state index contributed by atoms with van der Waals surface area (Å²) in [6.45, 7) is 2.58. The van der Waals surface area contributed by atoms with Gasteiger partial charge >= 0.3 is 6.18 Å². The lowest BCUT2D eigenvalue weighted by Crippen LogP contribution is -2.36. The van der Waals surface area contributed by atoms with Gasteiger partial charge in [0.1, 0.15) is 0 Å². The number of H-pyrrole nitrogens is 1. The molecule has 2 aromatic rings. The number of nitrogens with one attached hydrogen (secondary N) is 2. The largest absolute Gasteiger partial charge is 0.416 e. The smallest absolute Gasteiger partial charge is 0.347 e. The number of carbonyl (C=O) groups is 2. The highest BCUT2D eigenvalue weighted by atomic mass is 19.4. The molecule has 2 N–H and O–H groups in total. The van der Waals surface area contributed by atoms with Crippen LogP contribution in [0.4, 0.5) is 13.2 Å². The van der Waals surface area contributed by atoms with Gasteiger partial charge in [-0.15, -0.1) is 0 Å². The average Bonchev–Trinajstić information content (AvgIpc) is 3.08. The van der Waals surface area contributed by atoms with Gasteiger partial charge in [-0.05, 0) is 17.7 Å². The highest BCUT2D eigenvalue weighted by Crippen LogP contribution is 2.29. The van der Waals surface area contributed by atoms with Gasteiger partial charge in [0, 0.05) is 43.7 Å². The number of fused-ring (bicyclic) bond motifs is 1. The van der Waals surface area contributed by atoms with Crippen molar-refractivity contribution in [3.05, 3.63) is 52.3 Å². The maximum absolute atomic E-state index is 12.8. The van der Waals surface area contributed by atoms with Crippen LogP contribution in [-0.4, -0.2) is 33.5 Å². The lowest BCUT2D eigenvalue weighted by Gasteiger charge is -2.26. The van der Waals surface area contributed by atoms with Crippen LogP contribution in [0.25, 0.3) is 0 Å².